The molecule has 0 fully saturated rings. The summed E-state index contributed by atoms with van der Waals surface area (Å²) in [6.07, 6.45) is 1.44. The molecule has 9 heavy (non-hydrogen) atoms. The molecular formula is C4H10N4O. The maximum absolute atomic E-state index is 8.62. The van der Waals surface area contributed by atoms with Gasteiger partial charge in [0.15, 0.2) is 0 Å². The molecule has 5 nitrogen and oxygen atoms in total. The summed E-state index contributed by atoms with van der Waals surface area (Å²) in [5, 5.41) is 8.62. The van der Waals surface area contributed by atoms with E-state index in [0.717, 1.165) is 0 Å². The van der Waals surface area contributed by atoms with Crippen LogP contribution < -0.4 is 11.9 Å². The molecule has 0 atom stereocenters. The smallest absolute Gasteiger partial charge is 0.230 e. The Morgan fingerprint density at radius 2 is 2.33 bits per heavy atom. The molecule has 52 valence electrons. The van der Waals surface area contributed by atoms with Crippen LogP contribution in [0.5, 0.6) is 5.88 Å². The van der Waals surface area contributed by atoms with Crippen molar-refractivity contribution in [2.24, 2.45) is 7.05 Å². The molecule has 0 unspecified atom stereocenters. The normalized spacial score (nSPS) is 8.56. The van der Waals surface area contributed by atoms with Gasteiger partial charge in [0.2, 0.25) is 11.8 Å². The molecule has 0 aromatic carbocycles. The van der Waals surface area contributed by atoms with Crippen LogP contribution in [0.15, 0.2) is 6.20 Å². The zero-order valence-electron chi connectivity index (χ0n) is 5.20. The first kappa shape index (κ1) is 7.77. The van der Waals surface area contributed by atoms with E-state index < -0.39 is 0 Å². The van der Waals surface area contributed by atoms with Crippen LogP contribution in [0.2, 0.25) is 0 Å². The van der Waals surface area contributed by atoms with E-state index in [9.17, 15) is 0 Å². The van der Waals surface area contributed by atoms with Crippen LogP contribution >= 0.6 is 0 Å². The number of aromatic hydroxyl groups is 1. The summed E-state index contributed by atoms with van der Waals surface area (Å²) in [4.78, 5) is 3.51. The van der Waals surface area contributed by atoms with E-state index in [1.165, 1.54) is 10.8 Å². The predicted octanol–water partition coefficient (Wildman–Crippen LogP) is -0.130. The van der Waals surface area contributed by atoms with E-state index in [0.29, 0.717) is 5.95 Å². The Kier molecular flexibility index (Phi) is 2.04. The molecule has 1 aromatic heterocycles. The van der Waals surface area contributed by atoms with Gasteiger partial charge in [0, 0.05) is 7.05 Å². The summed E-state index contributed by atoms with van der Waals surface area (Å²) in [6.45, 7) is 0. The van der Waals surface area contributed by atoms with Crippen LogP contribution in [0.3, 0.4) is 0 Å². The summed E-state index contributed by atoms with van der Waals surface area (Å²) < 4.78 is 1.54. The second-order valence-corrected chi connectivity index (χ2v) is 1.57. The number of nitrogen functional groups attached to an aromatic ring is 1. The van der Waals surface area contributed by atoms with Gasteiger partial charge in [0.1, 0.15) is 0 Å². The summed E-state index contributed by atoms with van der Waals surface area (Å²) in [5.41, 5.74) is 5.23. The van der Waals surface area contributed by atoms with Crippen LogP contribution in [0.25, 0.3) is 0 Å². The third-order valence-corrected chi connectivity index (χ3v) is 0.900. The SMILES string of the molecule is Cn1cc(O)nc1N.N. The quantitative estimate of drug-likeness (QED) is 0.455. The van der Waals surface area contributed by atoms with Gasteiger partial charge in [0.25, 0.3) is 0 Å². The number of hydrogen-bond acceptors (Lipinski definition) is 4. The van der Waals surface area contributed by atoms with Crippen molar-refractivity contribution in [1.82, 2.24) is 15.7 Å². The Bertz CT molecular complexity index is 175. The molecule has 1 rings (SSSR count). The number of imidazole rings is 1. The zero-order valence-corrected chi connectivity index (χ0v) is 5.20. The Morgan fingerprint density at radius 1 is 1.78 bits per heavy atom. The monoisotopic (exact) mass is 130 g/mol. The Labute approximate surface area is 52.7 Å². The topological polar surface area (TPSA) is 99.1 Å². The van der Waals surface area contributed by atoms with E-state index in [1.807, 2.05) is 0 Å². The number of nitrogens with two attached hydrogens (primary N) is 1. The number of hydrogen-bond donors (Lipinski definition) is 3. The standard InChI is InChI=1S/C4H7N3O.H3N/c1-7-2-3(8)6-4(7)5;/h2,8H,1H3,(H2,5,6);1H3. The largest absolute Gasteiger partial charge is 0.492 e. The lowest BCUT2D eigenvalue weighted by atomic mass is 10.8. The number of rotatable bonds is 0. The highest BCUT2D eigenvalue weighted by Crippen LogP contribution is 2.06. The minimum Gasteiger partial charge on any atom is -0.492 e. The van der Waals surface area contributed by atoms with Gasteiger partial charge in [-0.25, -0.2) is 0 Å². The van der Waals surface area contributed by atoms with Crippen molar-refractivity contribution in [2.75, 3.05) is 5.73 Å². The van der Waals surface area contributed by atoms with Crippen molar-refractivity contribution in [3.63, 3.8) is 0 Å². The third-order valence-electron chi connectivity index (χ3n) is 0.900. The van der Waals surface area contributed by atoms with E-state index in [4.69, 9.17) is 10.8 Å². The van der Waals surface area contributed by atoms with Crippen molar-refractivity contribution < 1.29 is 5.11 Å². The summed E-state index contributed by atoms with van der Waals surface area (Å²) in [5.74, 6) is 0.285. The minimum absolute atomic E-state index is 0. The predicted molar refractivity (Wildman–Crippen MR) is 34.3 cm³/mol. The first-order valence-corrected chi connectivity index (χ1v) is 2.18. The van der Waals surface area contributed by atoms with Crippen LogP contribution in [0.4, 0.5) is 5.95 Å². The molecule has 1 aromatic rings. The molecule has 0 saturated heterocycles. The van der Waals surface area contributed by atoms with E-state index in [-0.39, 0.29) is 12.0 Å². The fourth-order valence-corrected chi connectivity index (χ4v) is 0.464. The Balaban J connectivity index is 0.000000640. The second-order valence-electron chi connectivity index (χ2n) is 1.57. The highest BCUT2D eigenvalue weighted by molar-refractivity contribution is 5.23. The van der Waals surface area contributed by atoms with Crippen molar-refractivity contribution in [2.45, 2.75) is 0 Å². The van der Waals surface area contributed by atoms with Gasteiger partial charge in [-0.2, -0.15) is 4.98 Å². The lowest BCUT2D eigenvalue weighted by molar-refractivity contribution is 0.456. The van der Waals surface area contributed by atoms with Crippen LogP contribution in [0, 0.1) is 0 Å². The molecule has 5 heteroatoms. The lowest BCUT2D eigenvalue weighted by Crippen LogP contribution is -1.94. The molecule has 0 aliphatic carbocycles. The maximum Gasteiger partial charge on any atom is 0.230 e. The van der Waals surface area contributed by atoms with E-state index in [1.54, 1.807) is 7.05 Å². The van der Waals surface area contributed by atoms with Crippen molar-refractivity contribution >= 4 is 5.95 Å². The van der Waals surface area contributed by atoms with Crippen LogP contribution in [-0.2, 0) is 7.05 Å². The fraction of sp³-hybridized carbons (Fsp3) is 0.250. The minimum atomic E-state index is -0.0370. The molecule has 0 aliphatic heterocycles. The average Bonchev–Trinajstić information content (AvgIpc) is 1.85. The molecule has 0 radical (unpaired) electrons. The molecular weight excluding hydrogens is 120 g/mol. The summed E-state index contributed by atoms with van der Waals surface area (Å²) >= 11 is 0. The van der Waals surface area contributed by atoms with E-state index in [2.05, 4.69) is 4.98 Å². The van der Waals surface area contributed by atoms with Gasteiger partial charge in [-0.05, 0) is 0 Å². The number of nitrogens with zero attached hydrogens (tertiary/aromatic N) is 2. The van der Waals surface area contributed by atoms with Crippen molar-refractivity contribution in [3.8, 4) is 5.88 Å². The third kappa shape index (κ3) is 1.33. The van der Waals surface area contributed by atoms with Gasteiger partial charge < -0.3 is 21.6 Å². The summed E-state index contributed by atoms with van der Waals surface area (Å²) in [6, 6.07) is 0. The summed E-state index contributed by atoms with van der Waals surface area (Å²) in [7, 11) is 1.71. The van der Waals surface area contributed by atoms with Crippen molar-refractivity contribution in [1.29, 1.82) is 0 Å². The second kappa shape index (κ2) is 2.36. The van der Waals surface area contributed by atoms with Gasteiger partial charge in [-0.3, -0.25) is 0 Å². The van der Waals surface area contributed by atoms with E-state index >= 15 is 0 Å². The van der Waals surface area contributed by atoms with Gasteiger partial charge in [0.05, 0.1) is 6.20 Å². The molecule has 6 N–H and O–H groups in total. The number of aryl methyl sites for hydroxylation is 1. The molecule has 0 aliphatic rings. The maximum atomic E-state index is 8.62. The van der Waals surface area contributed by atoms with Gasteiger partial charge in [-0.15, -0.1) is 0 Å². The highest BCUT2D eigenvalue weighted by atomic mass is 16.3. The molecule has 0 saturated carbocycles. The van der Waals surface area contributed by atoms with Gasteiger partial charge in [-0.1, -0.05) is 0 Å². The highest BCUT2D eigenvalue weighted by Gasteiger charge is 1.95. The molecule has 0 spiro atoms. The molecule has 0 bridgehead atoms. The molecule has 0 amide bonds. The fourth-order valence-electron chi connectivity index (χ4n) is 0.464. The number of aromatic nitrogens is 2. The average molecular weight is 130 g/mol. The van der Waals surface area contributed by atoms with Crippen LogP contribution in [-0.4, -0.2) is 14.7 Å². The Hall–Kier alpha value is -1.23. The zero-order chi connectivity index (χ0) is 6.15. The Morgan fingerprint density at radius 3 is 2.44 bits per heavy atom. The van der Waals surface area contributed by atoms with Gasteiger partial charge >= 0.3 is 0 Å². The van der Waals surface area contributed by atoms with Crippen molar-refractivity contribution in [3.05, 3.63) is 6.20 Å². The molecule has 1 heterocycles. The first-order valence-electron chi connectivity index (χ1n) is 2.18. The number of anilines is 1. The van der Waals surface area contributed by atoms with Crippen LogP contribution in [0.1, 0.15) is 0 Å². The lowest BCUT2D eigenvalue weighted by Gasteiger charge is -1.86. The first-order chi connectivity index (χ1) is 3.70.